The molecule has 0 saturated carbocycles. The Kier molecular flexibility index (Phi) is 7.32. The summed E-state index contributed by atoms with van der Waals surface area (Å²) in [4.78, 5) is 33.7. The minimum Gasteiger partial charge on any atom is -0.369 e. The van der Waals surface area contributed by atoms with Crippen LogP contribution in [0.4, 0.5) is 11.4 Å². The molecule has 9 nitrogen and oxygen atoms in total. The van der Waals surface area contributed by atoms with Gasteiger partial charge in [0.15, 0.2) is 0 Å². The summed E-state index contributed by atoms with van der Waals surface area (Å²) in [7, 11) is -3.76. The van der Waals surface area contributed by atoms with Crippen LogP contribution >= 0.6 is 0 Å². The zero-order valence-corrected chi connectivity index (χ0v) is 20.6. The second-order valence-electron chi connectivity index (χ2n) is 8.55. The normalized spacial score (nSPS) is 14.6. The molecule has 2 N–H and O–H groups in total. The van der Waals surface area contributed by atoms with Gasteiger partial charge in [-0.05, 0) is 43.2 Å². The molecule has 4 rings (SSSR count). The van der Waals surface area contributed by atoms with Gasteiger partial charge in [0, 0.05) is 54.9 Å². The van der Waals surface area contributed by atoms with Crippen molar-refractivity contribution in [3.8, 4) is 11.4 Å². The Morgan fingerprint density at radius 1 is 1.06 bits per heavy atom. The Morgan fingerprint density at radius 3 is 2.51 bits per heavy atom. The van der Waals surface area contributed by atoms with Crippen molar-refractivity contribution in [3.63, 3.8) is 0 Å². The van der Waals surface area contributed by atoms with Crippen LogP contribution in [0.25, 0.3) is 11.4 Å². The van der Waals surface area contributed by atoms with E-state index in [2.05, 4.69) is 26.3 Å². The number of sulfonamides is 1. The standard InChI is InChI=1S/C25H29N5O4S/c1-3-20-16-23(31)28-25(27-20)19-7-5-8-21(15-19)26-24(32)17-35(33,34)30-12-10-29(11-13-30)22-9-4-6-18(2)14-22/h4-9,14-16H,3,10-13,17H2,1-2H3,(H,26,32)(H,27,28,31). The van der Waals surface area contributed by atoms with Crippen LogP contribution in [0, 0.1) is 6.92 Å². The molecule has 0 atom stereocenters. The number of benzene rings is 2. The first-order valence-electron chi connectivity index (χ1n) is 11.5. The summed E-state index contributed by atoms with van der Waals surface area (Å²) in [5, 5.41) is 2.66. The van der Waals surface area contributed by atoms with E-state index in [1.165, 1.54) is 10.4 Å². The van der Waals surface area contributed by atoms with Gasteiger partial charge in [0.05, 0.1) is 0 Å². The van der Waals surface area contributed by atoms with Crippen molar-refractivity contribution >= 4 is 27.3 Å². The van der Waals surface area contributed by atoms with Crippen molar-refractivity contribution in [2.75, 3.05) is 42.1 Å². The Morgan fingerprint density at radius 2 is 1.80 bits per heavy atom. The van der Waals surface area contributed by atoms with Gasteiger partial charge in [-0.2, -0.15) is 4.31 Å². The number of nitrogens with one attached hydrogen (secondary N) is 2. The van der Waals surface area contributed by atoms with Crippen molar-refractivity contribution in [1.29, 1.82) is 0 Å². The molecule has 10 heteroatoms. The fraction of sp³-hybridized carbons (Fsp3) is 0.320. The number of piperazine rings is 1. The van der Waals surface area contributed by atoms with Crippen molar-refractivity contribution in [2.24, 2.45) is 0 Å². The topological polar surface area (TPSA) is 115 Å². The van der Waals surface area contributed by atoms with Gasteiger partial charge >= 0.3 is 0 Å². The molecule has 184 valence electrons. The number of nitrogens with zero attached hydrogens (tertiary/aromatic N) is 3. The molecule has 1 aromatic heterocycles. The van der Waals surface area contributed by atoms with Crippen molar-refractivity contribution < 1.29 is 13.2 Å². The SMILES string of the molecule is CCc1cc(=O)[nH]c(-c2cccc(NC(=O)CS(=O)(=O)N3CCN(c4cccc(C)c4)CC3)c2)n1. The van der Waals surface area contributed by atoms with Crippen LogP contribution in [0.3, 0.4) is 0 Å². The maximum Gasteiger partial charge on any atom is 0.251 e. The molecule has 0 aliphatic carbocycles. The third-order valence-corrected chi connectivity index (χ3v) is 7.67. The summed E-state index contributed by atoms with van der Waals surface area (Å²) in [5.74, 6) is -0.862. The first kappa shape index (κ1) is 24.6. The smallest absolute Gasteiger partial charge is 0.251 e. The van der Waals surface area contributed by atoms with Crippen LogP contribution in [0.15, 0.2) is 59.4 Å². The number of carbonyl (C=O) groups is 1. The van der Waals surface area contributed by atoms with E-state index >= 15 is 0 Å². The van der Waals surface area contributed by atoms with Gasteiger partial charge in [0.2, 0.25) is 15.9 Å². The van der Waals surface area contributed by atoms with E-state index in [-0.39, 0.29) is 5.56 Å². The number of amides is 1. The summed E-state index contributed by atoms with van der Waals surface area (Å²) in [6, 6.07) is 16.3. The third-order valence-electron chi connectivity index (χ3n) is 5.89. The second kappa shape index (κ2) is 10.4. The summed E-state index contributed by atoms with van der Waals surface area (Å²) in [5.41, 5.74) is 3.67. The molecule has 1 aliphatic heterocycles. The molecule has 1 saturated heterocycles. The van der Waals surface area contributed by atoms with Gasteiger partial charge in [-0.25, -0.2) is 13.4 Å². The molecule has 2 aromatic carbocycles. The molecule has 0 spiro atoms. The zero-order chi connectivity index (χ0) is 25.0. The van der Waals surface area contributed by atoms with Crippen LogP contribution in [0.2, 0.25) is 0 Å². The highest BCUT2D eigenvalue weighted by atomic mass is 32.2. The fourth-order valence-corrected chi connectivity index (χ4v) is 5.38. The van der Waals surface area contributed by atoms with E-state index in [0.717, 1.165) is 11.3 Å². The van der Waals surface area contributed by atoms with E-state index in [4.69, 9.17) is 0 Å². The fourth-order valence-electron chi connectivity index (χ4n) is 4.07. The predicted molar refractivity (Wildman–Crippen MR) is 137 cm³/mol. The monoisotopic (exact) mass is 495 g/mol. The van der Waals surface area contributed by atoms with Gasteiger partial charge in [-0.1, -0.05) is 31.2 Å². The van der Waals surface area contributed by atoms with E-state index in [1.807, 2.05) is 32.0 Å². The Hall–Kier alpha value is -3.50. The quantitative estimate of drug-likeness (QED) is 0.520. The number of hydrogen-bond acceptors (Lipinski definition) is 6. The maximum absolute atomic E-state index is 12.9. The van der Waals surface area contributed by atoms with Crippen molar-refractivity contribution in [1.82, 2.24) is 14.3 Å². The molecular weight excluding hydrogens is 466 g/mol. The zero-order valence-electron chi connectivity index (χ0n) is 19.8. The van der Waals surface area contributed by atoms with E-state index in [1.54, 1.807) is 24.3 Å². The minimum absolute atomic E-state index is 0.255. The highest BCUT2D eigenvalue weighted by molar-refractivity contribution is 7.89. The summed E-state index contributed by atoms with van der Waals surface area (Å²) in [6.45, 7) is 5.71. The average Bonchev–Trinajstić information content (AvgIpc) is 2.83. The number of aromatic nitrogens is 2. The molecule has 0 bridgehead atoms. The lowest BCUT2D eigenvalue weighted by Crippen LogP contribution is -2.50. The number of rotatable bonds is 7. The number of aromatic amines is 1. The highest BCUT2D eigenvalue weighted by Gasteiger charge is 2.29. The summed E-state index contributed by atoms with van der Waals surface area (Å²) < 4.78 is 27.1. The molecule has 3 aromatic rings. The Bertz CT molecular complexity index is 1380. The molecule has 2 heterocycles. The predicted octanol–water partition coefficient (Wildman–Crippen LogP) is 2.40. The molecule has 0 radical (unpaired) electrons. The molecule has 1 fully saturated rings. The molecular formula is C25H29N5O4S. The van der Waals surface area contributed by atoms with Crippen LogP contribution < -0.4 is 15.8 Å². The number of aryl methyl sites for hydroxylation is 2. The van der Waals surface area contributed by atoms with Crippen molar-refractivity contribution in [3.05, 3.63) is 76.2 Å². The van der Waals surface area contributed by atoms with Crippen LogP contribution in [-0.4, -0.2) is 60.5 Å². The maximum atomic E-state index is 12.9. The minimum atomic E-state index is -3.76. The second-order valence-corrected chi connectivity index (χ2v) is 10.5. The average molecular weight is 496 g/mol. The van der Waals surface area contributed by atoms with E-state index < -0.39 is 21.7 Å². The first-order chi connectivity index (χ1) is 16.7. The van der Waals surface area contributed by atoms with Crippen LogP contribution in [-0.2, 0) is 21.2 Å². The molecule has 35 heavy (non-hydrogen) atoms. The van der Waals surface area contributed by atoms with Gasteiger partial charge in [0.1, 0.15) is 11.6 Å². The largest absolute Gasteiger partial charge is 0.369 e. The Labute approximate surface area is 204 Å². The van der Waals surface area contributed by atoms with Crippen LogP contribution in [0.1, 0.15) is 18.2 Å². The van der Waals surface area contributed by atoms with Gasteiger partial charge < -0.3 is 15.2 Å². The highest BCUT2D eigenvalue weighted by Crippen LogP contribution is 2.21. The lowest BCUT2D eigenvalue weighted by atomic mass is 10.2. The van der Waals surface area contributed by atoms with Gasteiger partial charge in [-0.15, -0.1) is 0 Å². The molecule has 1 aliphatic rings. The molecule has 0 unspecified atom stereocenters. The van der Waals surface area contributed by atoms with E-state index in [9.17, 15) is 18.0 Å². The first-order valence-corrected chi connectivity index (χ1v) is 13.1. The summed E-state index contributed by atoms with van der Waals surface area (Å²) >= 11 is 0. The third kappa shape index (κ3) is 6.14. The number of H-pyrrole nitrogens is 1. The lowest BCUT2D eigenvalue weighted by molar-refractivity contribution is -0.113. The van der Waals surface area contributed by atoms with Crippen LogP contribution in [0.5, 0.6) is 0 Å². The van der Waals surface area contributed by atoms with Crippen molar-refractivity contribution in [2.45, 2.75) is 20.3 Å². The Balaban J connectivity index is 1.38. The van der Waals surface area contributed by atoms with Gasteiger partial charge in [-0.3, -0.25) is 9.59 Å². The lowest BCUT2D eigenvalue weighted by Gasteiger charge is -2.35. The molecule has 1 amide bonds. The van der Waals surface area contributed by atoms with E-state index in [0.29, 0.717) is 55.4 Å². The summed E-state index contributed by atoms with van der Waals surface area (Å²) in [6.07, 6.45) is 0.616. The number of carbonyl (C=O) groups excluding carboxylic acids is 1. The van der Waals surface area contributed by atoms with Gasteiger partial charge in [0.25, 0.3) is 5.56 Å². The number of anilines is 2. The number of hydrogen-bond donors (Lipinski definition) is 2.